The number of benzene rings is 1. The van der Waals surface area contributed by atoms with E-state index in [0.717, 1.165) is 32.4 Å². The molecule has 0 aliphatic carbocycles. The largest absolute Gasteiger partial charge is 0.328 e. The van der Waals surface area contributed by atoms with E-state index in [4.69, 9.17) is 5.73 Å². The van der Waals surface area contributed by atoms with Gasteiger partial charge in [0.1, 0.15) is 0 Å². The molecule has 3 N–H and O–H groups in total. The molecule has 1 aromatic carbocycles. The molecule has 0 aliphatic heterocycles. The van der Waals surface area contributed by atoms with Gasteiger partial charge in [0.05, 0.1) is 0 Å². The quantitative estimate of drug-likeness (QED) is 0.666. The molecule has 0 bridgehead atoms. The predicted molar refractivity (Wildman–Crippen MR) is 65.6 cm³/mol. The van der Waals surface area contributed by atoms with Gasteiger partial charge in [-0.2, -0.15) is 0 Å². The second kappa shape index (κ2) is 7.43. The lowest BCUT2D eigenvalue weighted by Gasteiger charge is -2.09. The van der Waals surface area contributed by atoms with Crippen molar-refractivity contribution in [2.75, 3.05) is 13.1 Å². The summed E-state index contributed by atoms with van der Waals surface area (Å²) in [6.45, 7) is 5.79. The third-order valence-corrected chi connectivity index (χ3v) is 2.50. The standard InChI is InChI=1S/C13H21N2/c1-2-13(14)9-11-15-10-8-12-6-4-3-5-7-12/h3-7,13,15H,1-2,8-11,14H2. The number of hydrogen-bond acceptors (Lipinski definition) is 2. The molecule has 1 rings (SSSR count). The Morgan fingerprint density at radius 2 is 1.93 bits per heavy atom. The molecular weight excluding hydrogens is 184 g/mol. The van der Waals surface area contributed by atoms with Crippen LogP contribution in [0.2, 0.25) is 0 Å². The molecule has 2 nitrogen and oxygen atoms in total. The Morgan fingerprint density at radius 3 is 2.60 bits per heavy atom. The van der Waals surface area contributed by atoms with Gasteiger partial charge in [-0.25, -0.2) is 0 Å². The van der Waals surface area contributed by atoms with E-state index in [1.165, 1.54) is 5.56 Å². The van der Waals surface area contributed by atoms with E-state index in [0.29, 0.717) is 0 Å². The average Bonchev–Trinajstić information content (AvgIpc) is 2.29. The Hall–Kier alpha value is -0.860. The average molecular weight is 205 g/mol. The lowest BCUT2D eigenvalue weighted by molar-refractivity contribution is 0.565. The fourth-order valence-electron chi connectivity index (χ4n) is 1.43. The van der Waals surface area contributed by atoms with Crippen LogP contribution >= 0.6 is 0 Å². The molecule has 1 aromatic rings. The number of nitrogens with two attached hydrogens (primary N) is 1. The van der Waals surface area contributed by atoms with Gasteiger partial charge in [0.25, 0.3) is 0 Å². The summed E-state index contributed by atoms with van der Waals surface area (Å²) in [7, 11) is 0. The van der Waals surface area contributed by atoms with Crippen molar-refractivity contribution in [3.8, 4) is 0 Å². The Labute approximate surface area is 92.9 Å². The lowest BCUT2D eigenvalue weighted by atomic mass is 10.1. The lowest BCUT2D eigenvalue weighted by Crippen LogP contribution is -2.27. The summed E-state index contributed by atoms with van der Waals surface area (Å²) in [5, 5.41) is 3.39. The molecule has 0 amide bonds. The molecule has 0 saturated heterocycles. The smallest absolute Gasteiger partial charge is 0.00509 e. The molecule has 0 spiro atoms. The Bertz CT molecular complexity index is 246. The second-order valence-corrected chi connectivity index (χ2v) is 3.82. The van der Waals surface area contributed by atoms with Gasteiger partial charge >= 0.3 is 0 Å². The highest BCUT2D eigenvalue weighted by atomic mass is 14.8. The van der Waals surface area contributed by atoms with Crippen molar-refractivity contribution < 1.29 is 0 Å². The minimum Gasteiger partial charge on any atom is -0.328 e. The maximum atomic E-state index is 5.76. The zero-order valence-corrected chi connectivity index (χ0v) is 9.28. The van der Waals surface area contributed by atoms with Crippen LogP contribution in [0.1, 0.15) is 18.4 Å². The van der Waals surface area contributed by atoms with Crippen LogP contribution in [0.15, 0.2) is 30.3 Å². The van der Waals surface area contributed by atoms with Crippen LogP contribution < -0.4 is 11.1 Å². The van der Waals surface area contributed by atoms with E-state index in [9.17, 15) is 0 Å². The van der Waals surface area contributed by atoms with E-state index in [2.05, 4.69) is 36.5 Å². The normalized spacial score (nSPS) is 12.7. The zero-order valence-electron chi connectivity index (χ0n) is 9.28. The van der Waals surface area contributed by atoms with Gasteiger partial charge < -0.3 is 11.1 Å². The topological polar surface area (TPSA) is 38.0 Å². The summed E-state index contributed by atoms with van der Waals surface area (Å²) in [6.07, 6.45) is 2.92. The van der Waals surface area contributed by atoms with Crippen LogP contribution in [-0.2, 0) is 6.42 Å². The van der Waals surface area contributed by atoms with Crippen molar-refractivity contribution in [3.05, 3.63) is 42.8 Å². The summed E-state index contributed by atoms with van der Waals surface area (Å²) < 4.78 is 0. The third kappa shape index (κ3) is 5.55. The van der Waals surface area contributed by atoms with Gasteiger partial charge in [0.15, 0.2) is 0 Å². The van der Waals surface area contributed by atoms with Crippen LogP contribution in [0.3, 0.4) is 0 Å². The maximum Gasteiger partial charge on any atom is 0.00509 e. The van der Waals surface area contributed by atoms with Crippen molar-refractivity contribution in [1.29, 1.82) is 0 Å². The monoisotopic (exact) mass is 205 g/mol. The second-order valence-electron chi connectivity index (χ2n) is 3.82. The molecule has 0 saturated carbocycles. The molecule has 0 fully saturated rings. The highest BCUT2D eigenvalue weighted by Crippen LogP contribution is 1.98. The summed E-state index contributed by atoms with van der Waals surface area (Å²) >= 11 is 0. The summed E-state index contributed by atoms with van der Waals surface area (Å²) in [5.41, 5.74) is 7.14. The third-order valence-electron chi connectivity index (χ3n) is 2.50. The van der Waals surface area contributed by atoms with Crippen molar-refractivity contribution in [1.82, 2.24) is 5.32 Å². The van der Waals surface area contributed by atoms with Crippen molar-refractivity contribution in [2.45, 2.75) is 25.3 Å². The molecule has 83 valence electrons. The van der Waals surface area contributed by atoms with Crippen molar-refractivity contribution >= 4 is 0 Å². The Kier molecular flexibility index (Phi) is 6.05. The molecular formula is C13H21N2. The summed E-state index contributed by atoms with van der Waals surface area (Å²) in [4.78, 5) is 0. The first-order valence-corrected chi connectivity index (χ1v) is 5.62. The van der Waals surface area contributed by atoms with E-state index in [1.54, 1.807) is 0 Å². The highest BCUT2D eigenvalue weighted by Gasteiger charge is 1.97. The molecule has 0 aliphatic rings. The van der Waals surface area contributed by atoms with Gasteiger partial charge in [-0.15, -0.1) is 0 Å². The predicted octanol–water partition coefficient (Wildman–Crippen LogP) is 1.76. The minimum atomic E-state index is 0.245. The molecule has 1 unspecified atom stereocenters. The van der Waals surface area contributed by atoms with Crippen LogP contribution in [0.5, 0.6) is 0 Å². The SMILES string of the molecule is [CH2]CC(N)CCNCCc1ccccc1. The summed E-state index contributed by atoms with van der Waals surface area (Å²) in [5.74, 6) is 0. The van der Waals surface area contributed by atoms with E-state index < -0.39 is 0 Å². The van der Waals surface area contributed by atoms with Crippen LogP contribution in [0.25, 0.3) is 0 Å². The van der Waals surface area contributed by atoms with Gasteiger partial charge in [0.2, 0.25) is 0 Å². The molecule has 2 heteroatoms. The van der Waals surface area contributed by atoms with E-state index in [-0.39, 0.29) is 6.04 Å². The van der Waals surface area contributed by atoms with Crippen molar-refractivity contribution in [3.63, 3.8) is 0 Å². The van der Waals surface area contributed by atoms with Gasteiger partial charge in [-0.1, -0.05) is 37.3 Å². The first kappa shape index (κ1) is 12.2. The maximum absolute atomic E-state index is 5.76. The van der Waals surface area contributed by atoms with Gasteiger partial charge in [0, 0.05) is 6.04 Å². The first-order chi connectivity index (χ1) is 7.33. The molecule has 1 atom stereocenters. The molecule has 0 aromatic heterocycles. The molecule has 0 heterocycles. The van der Waals surface area contributed by atoms with Crippen LogP contribution in [0, 0.1) is 6.92 Å². The van der Waals surface area contributed by atoms with E-state index >= 15 is 0 Å². The number of nitrogens with one attached hydrogen (secondary N) is 1. The van der Waals surface area contributed by atoms with Gasteiger partial charge in [-0.05, 0) is 37.9 Å². The molecule has 1 radical (unpaired) electrons. The van der Waals surface area contributed by atoms with Gasteiger partial charge in [-0.3, -0.25) is 0 Å². The van der Waals surface area contributed by atoms with Crippen LogP contribution in [0.4, 0.5) is 0 Å². The van der Waals surface area contributed by atoms with E-state index in [1.807, 2.05) is 6.07 Å². The summed E-state index contributed by atoms with van der Waals surface area (Å²) in [6, 6.07) is 10.8. The van der Waals surface area contributed by atoms with Crippen molar-refractivity contribution in [2.24, 2.45) is 5.73 Å². The zero-order chi connectivity index (χ0) is 10.9. The minimum absolute atomic E-state index is 0.245. The first-order valence-electron chi connectivity index (χ1n) is 5.62. The van der Waals surface area contributed by atoms with Crippen LogP contribution in [-0.4, -0.2) is 19.1 Å². The molecule has 15 heavy (non-hydrogen) atoms. The number of rotatable bonds is 7. The fourth-order valence-corrected chi connectivity index (χ4v) is 1.43. The number of hydrogen-bond donors (Lipinski definition) is 2. The Balaban J connectivity index is 2.03. The Morgan fingerprint density at radius 1 is 1.20 bits per heavy atom. The fraction of sp³-hybridized carbons (Fsp3) is 0.462. The highest BCUT2D eigenvalue weighted by molar-refractivity contribution is 5.14.